The second-order valence-electron chi connectivity index (χ2n) is 4.60. The lowest BCUT2D eigenvalue weighted by molar-refractivity contribution is 0.598. The van der Waals surface area contributed by atoms with Crippen LogP contribution in [0.5, 0.6) is 0 Å². The predicted molar refractivity (Wildman–Crippen MR) is 64.1 cm³/mol. The van der Waals surface area contributed by atoms with Crippen LogP contribution in [0.15, 0.2) is 12.7 Å². The van der Waals surface area contributed by atoms with E-state index in [1.165, 1.54) is 15.6 Å². The van der Waals surface area contributed by atoms with Gasteiger partial charge >= 0.3 is 0 Å². The Bertz CT molecular complexity index is 318. The summed E-state index contributed by atoms with van der Waals surface area (Å²) in [6, 6.07) is 0. The number of rotatable bonds is 3. The molecule has 0 bridgehead atoms. The average molecular weight is 209 g/mol. The lowest BCUT2D eigenvalue weighted by atomic mass is 9.93. The minimum Gasteiger partial charge on any atom is -0.246 e. The van der Waals surface area contributed by atoms with Crippen molar-refractivity contribution in [3.05, 3.63) is 28.2 Å². The molecule has 0 unspecified atom stereocenters. The van der Waals surface area contributed by atoms with Gasteiger partial charge in [0.1, 0.15) is 0 Å². The highest BCUT2D eigenvalue weighted by Crippen LogP contribution is 2.31. The third-order valence-corrected chi connectivity index (χ3v) is 3.73. The van der Waals surface area contributed by atoms with Crippen LogP contribution >= 0.6 is 11.3 Å². The summed E-state index contributed by atoms with van der Waals surface area (Å²) in [4.78, 5) is 6.00. The smallest absolute Gasteiger partial charge is 0.0934 e. The van der Waals surface area contributed by atoms with Gasteiger partial charge in [0.15, 0.2) is 0 Å². The fourth-order valence-electron chi connectivity index (χ4n) is 1.48. The molecule has 0 radical (unpaired) electrons. The Morgan fingerprint density at radius 1 is 1.43 bits per heavy atom. The van der Waals surface area contributed by atoms with Crippen molar-refractivity contribution in [2.75, 3.05) is 0 Å². The fraction of sp³-hybridized carbons (Fsp3) is 0.583. The summed E-state index contributed by atoms with van der Waals surface area (Å²) < 4.78 is 0. The average Bonchev–Trinajstić information content (AvgIpc) is 2.42. The van der Waals surface area contributed by atoms with Crippen molar-refractivity contribution in [1.29, 1.82) is 0 Å². The predicted octanol–water partition coefficient (Wildman–Crippen LogP) is 3.87. The van der Waals surface area contributed by atoms with Crippen molar-refractivity contribution in [2.24, 2.45) is 0 Å². The van der Waals surface area contributed by atoms with Crippen molar-refractivity contribution >= 4 is 11.3 Å². The van der Waals surface area contributed by atoms with E-state index in [2.05, 4.69) is 39.3 Å². The minimum atomic E-state index is 0.230. The molecule has 0 aliphatic heterocycles. The van der Waals surface area contributed by atoms with Crippen LogP contribution in [0.2, 0.25) is 0 Å². The molecule has 1 nitrogen and oxygen atoms in total. The topological polar surface area (TPSA) is 12.9 Å². The van der Waals surface area contributed by atoms with Crippen molar-refractivity contribution in [2.45, 2.75) is 46.0 Å². The second-order valence-corrected chi connectivity index (χ2v) is 5.68. The SMILES string of the molecule is C=CCCc1nc(C)c(C(C)(C)C)s1. The Hall–Kier alpha value is -0.630. The van der Waals surface area contributed by atoms with Crippen LogP contribution in [0.25, 0.3) is 0 Å². The van der Waals surface area contributed by atoms with Gasteiger partial charge < -0.3 is 0 Å². The molecular formula is C12H19NS. The quantitative estimate of drug-likeness (QED) is 0.689. The van der Waals surface area contributed by atoms with Crippen LogP contribution in [0.3, 0.4) is 0 Å². The normalized spacial score (nSPS) is 11.7. The van der Waals surface area contributed by atoms with Gasteiger partial charge in [0.05, 0.1) is 10.7 Å². The number of allylic oxidation sites excluding steroid dienone is 1. The van der Waals surface area contributed by atoms with Crippen molar-refractivity contribution in [3.8, 4) is 0 Å². The van der Waals surface area contributed by atoms with Gasteiger partial charge in [-0.15, -0.1) is 17.9 Å². The molecule has 1 aromatic heterocycles. The molecule has 0 aromatic carbocycles. The van der Waals surface area contributed by atoms with Crippen LogP contribution < -0.4 is 0 Å². The molecule has 0 amide bonds. The highest BCUT2D eigenvalue weighted by atomic mass is 32.1. The Balaban J connectivity index is 2.88. The van der Waals surface area contributed by atoms with E-state index in [0.717, 1.165) is 12.8 Å². The van der Waals surface area contributed by atoms with E-state index in [4.69, 9.17) is 0 Å². The van der Waals surface area contributed by atoms with E-state index >= 15 is 0 Å². The summed E-state index contributed by atoms with van der Waals surface area (Å²) in [5.74, 6) is 0. The Morgan fingerprint density at radius 3 is 2.50 bits per heavy atom. The zero-order valence-electron chi connectivity index (χ0n) is 9.55. The van der Waals surface area contributed by atoms with Crippen LogP contribution in [0.1, 0.15) is 42.8 Å². The number of aryl methyl sites for hydroxylation is 2. The lowest BCUT2D eigenvalue weighted by Gasteiger charge is -2.16. The molecule has 1 rings (SSSR count). The number of thiazole rings is 1. The van der Waals surface area contributed by atoms with E-state index in [1.54, 1.807) is 0 Å². The van der Waals surface area contributed by atoms with Crippen LogP contribution in [0.4, 0.5) is 0 Å². The molecule has 2 heteroatoms. The van der Waals surface area contributed by atoms with Gasteiger partial charge in [0.2, 0.25) is 0 Å². The summed E-state index contributed by atoms with van der Waals surface area (Å²) in [6.07, 6.45) is 4.01. The van der Waals surface area contributed by atoms with Gasteiger partial charge in [-0.2, -0.15) is 0 Å². The molecular weight excluding hydrogens is 190 g/mol. The second kappa shape index (κ2) is 4.26. The highest BCUT2D eigenvalue weighted by Gasteiger charge is 2.20. The Kier molecular flexibility index (Phi) is 3.48. The highest BCUT2D eigenvalue weighted by molar-refractivity contribution is 7.11. The van der Waals surface area contributed by atoms with E-state index < -0.39 is 0 Å². The Morgan fingerprint density at radius 2 is 2.07 bits per heavy atom. The standard InChI is InChI=1S/C12H19NS/c1-6-7-8-10-13-9(2)11(14-10)12(3,4)5/h6H,1,7-8H2,2-5H3. The summed E-state index contributed by atoms with van der Waals surface area (Å²) in [5.41, 5.74) is 1.43. The zero-order chi connectivity index (χ0) is 10.8. The van der Waals surface area contributed by atoms with Gasteiger partial charge in [0.25, 0.3) is 0 Å². The molecule has 1 aromatic rings. The molecule has 0 aliphatic carbocycles. The fourth-order valence-corrected chi connectivity index (χ4v) is 2.62. The molecule has 0 fully saturated rings. The molecule has 14 heavy (non-hydrogen) atoms. The molecule has 0 saturated carbocycles. The van der Waals surface area contributed by atoms with Gasteiger partial charge in [-0.05, 0) is 18.8 Å². The maximum atomic E-state index is 4.59. The maximum Gasteiger partial charge on any atom is 0.0934 e. The van der Waals surface area contributed by atoms with E-state index in [-0.39, 0.29) is 5.41 Å². The van der Waals surface area contributed by atoms with Gasteiger partial charge in [0, 0.05) is 11.3 Å². The van der Waals surface area contributed by atoms with E-state index in [1.807, 2.05) is 17.4 Å². The first-order valence-electron chi connectivity index (χ1n) is 5.03. The molecule has 0 spiro atoms. The molecule has 1 heterocycles. The number of hydrogen-bond donors (Lipinski definition) is 0. The van der Waals surface area contributed by atoms with Crippen LogP contribution in [0, 0.1) is 6.92 Å². The summed E-state index contributed by atoms with van der Waals surface area (Å²) >= 11 is 1.85. The van der Waals surface area contributed by atoms with Crippen molar-refractivity contribution in [3.63, 3.8) is 0 Å². The van der Waals surface area contributed by atoms with Crippen molar-refractivity contribution in [1.82, 2.24) is 4.98 Å². The molecule has 0 N–H and O–H groups in total. The summed E-state index contributed by atoms with van der Waals surface area (Å²) in [5, 5.41) is 1.24. The monoisotopic (exact) mass is 209 g/mol. The van der Waals surface area contributed by atoms with E-state index in [0.29, 0.717) is 0 Å². The molecule has 78 valence electrons. The van der Waals surface area contributed by atoms with Gasteiger partial charge in [-0.3, -0.25) is 0 Å². The maximum absolute atomic E-state index is 4.59. The van der Waals surface area contributed by atoms with Gasteiger partial charge in [-0.1, -0.05) is 26.8 Å². The van der Waals surface area contributed by atoms with Crippen molar-refractivity contribution < 1.29 is 0 Å². The molecule has 0 aliphatic rings. The first kappa shape index (κ1) is 11.4. The van der Waals surface area contributed by atoms with E-state index in [9.17, 15) is 0 Å². The van der Waals surface area contributed by atoms with Gasteiger partial charge in [-0.25, -0.2) is 4.98 Å². The Labute approximate surface area is 90.9 Å². The summed E-state index contributed by atoms with van der Waals surface area (Å²) in [6.45, 7) is 12.6. The minimum absolute atomic E-state index is 0.230. The first-order valence-corrected chi connectivity index (χ1v) is 5.84. The largest absolute Gasteiger partial charge is 0.246 e. The molecule has 0 saturated heterocycles. The molecule has 0 atom stereocenters. The number of nitrogens with zero attached hydrogens (tertiary/aromatic N) is 1. The van der Waals surface area contributed by atoms with Crippen LogP contribution in [-0.4, -0.2) is 4.98 Å². The third kappa shape index (κ3) is 2.68. The number of hydrogen-bond acceptors (Lipinski definition) is 2. The number of aromatic nitrogens is 1. The summed E-state index contributed by atoms with van der Waals surface area (Å²) in [7, 11) is 0. The first-order chi connectivity index (χ1) is 6.45. The zero-order valence-corrected chi connectivity index (χ0v) is 10.4. The lowest BCUT2D eigenvalue weighted by Crippen LogP contribution is -2.10. The third-order valence-electron chi connectivity index (χ3n) is 2.08. The van der Waals surface area contributed by atoms with Crippen LogP contribution in [-0.2, 0) is 11.8 Å².